The van der Waals surface area contributed by atoms with Crippen LogP contribution in [0.4, 0.5) is 5.69 Å². The second kappa shape index (κ2) is 5.63. The topological polar surface area (TPSA) is 103 Å². The molecule has 0 saturated carbocycles. The van der Waals surface area contributed by atoms with E-state index in [1.807, 2.05) is 0 Å². The molecule has 7 nitrogen and oxygen atoms in total. The largest absolute Gasteiger partial charge is 0.276 e. The van der Waals surface area contributed by atoms with E-state index in [9.17, 15) is 0 Å². The minimum Gasteiger partial charge on any atom is -0.276 e. The van der Waals surface area contributed by atoms with Gasteiger partial charge in [0, 0.05) is 0 Å². The SMILES string of the molecule is N#CC(C#N)=NNc1ccc(-n2cncn2)c(Cl)c1. The summed E-state index contributed by atoms with van der Waals surface area (Å²) in [5.41, 5.74) is 3.52. The molecule has 0 aliphatic carbocycles. The van der Waals surface area contributed by atoms with E-state index >= 15 is 0 Å². The highest BCUT2D eigenvalue weighted by Crippen LogP contribution is 2.23. The van der Waals surface area contributed by atoms with E-state index in [2.05, 4.69) is 20.6 Å². The Bertz CT molecular complexity index is 675. The van der Waals surface area contributed by atoms with Crippen molar-refractivity contribution in [2.75, 3.05) is 5.43 Å². The molecule has 0 aliphatic heterocycles. The van der Waals surface area contributed by atoms with Crippen LogP contribution >= 0.6 is 11.6 Å². The van der Waals surface area contributed by atoms with Crippen LogP contribution < -0.4 is 5.43 Å². The molecule has 92 valence electrons. The Balaban J connectivity index is 2.24. The van der Waals surface area contributed by atoms with E-state index in [0.717, 1.165) is 0 Å². The third kappa shape index (κ3) is 2.86. The van der Waals surface area contributed by atoms with Crippen LogP contribution in [-0.2, 0) is 0 Å². The first kappa shape index (κ1) is 12.6. The first-order chi connectivity index (χ1) is 9.24. The van der Waals surface area contributed by atoms with Gasteiger partial charge in [-0.05, 0) is 18.2 Å². The average molecular weight is 272 g/mol. The molecular weight excluding hydrogens is 266 g/mol. The van der Waals surface area contributed by atoms with Gasteiger partial charge in [-0.3, -0.25) is 5.43 Å². The zero-order valence-corrected chi connectivity index (χ0v) is 10.2. The molecule has 2 rings (SSSR count). The molecule has 0 fully saturated rings. The standard InChI is InChI=1S/C11H6ClN7/c12-10-3-8(17-18-9(4-13)5-14)1-2-11(10)19-7-15-6-16-19/h1-3,6-7,17H. The number of nitrogens with one attached hydrogen (secondary N) is 1. The molecule has 0 bridgehead atoms. The first-order valence-electron chi connectivity index (χ1n) is 5.03. The van der Waals surface area contributed by atoms with Gasteiger partial charge in [-0.25, -0.2) is 9.67 Å². The fourth-order valence-electron chi connectivity index (χ4n) is 1.29. The van der Waals surface area contributed by atoms with Gasteiger partial charge in [0.1, 0.15) is 24.8 Å². The van der Waals surface area contributed by atoms with E-state index in [-0.39, 0.29) is 5.71 Å². The van der Waals surface area contributed by atoms with E-state index in [4.69, 9.17) is 22.1 Å². The number of rotatable bonds is 3. The number of hydrogen-bond donors (Lipinski definition) is 1. The van der Waals surface area contributed by atoms with Crippen molar-refractivity contribution < 1.29 is 0 Å². The molecule has 0 unspecified atom stereocenters. The summed E-state index contributed by atoms with van der Waals surface area (Å²) in [7, 11) is 0. The summed E-state index contributed by atoms with van der Waals surface area (Å²) < 4.78 is 1.52. The Morgan fingerprint density at radius 1 is 1.37 bits per heavy atom. The van der Waals surface area contributed by atoms with Crippen LogP contribution in [0.2, 0.25) is 5.02 Å². The number of anilines is 1. The third-order valence-electron chi connectivity index (χ3n) is 2.12. The first-order valence-corrected chi connectivity index (χ1v) is 5.41. The Labute approximate surface area is 113 Å². The normalized spacial score (nSPS) is 9.21. The maximum atomic E-state index is 8.54. The van der Waals surface area contributed by atoms with Gasteiger partial charge in [-0.1, -0.05) is 11.6 Å². The highest BCUT2D eigenvalue weighted by Gasteiger charge is 2.04. The number of nitrogens with zero attached hydrogens (tertiary/aromatic N) is 6. The van der Waals surface area contributed by atoms with Crippen LogP contribution in [0.5, 0.6) is 0 Å². The van der Waals surface area contributed by atoms with Crippen molar-refractivity contribution in [1.82, 2.24) is 14.8 Å². The summed E-state index contributed by atoms with van der Waals surface area (Å²) in [5, 5.41) is 25.1. The lowest BCUT2D eigenvalue weighted by Crippen LogP contribution is -1.98. The fourth-order valence-corrected chi connectivity index (χ4v) is 1.56. The predicted molar refractivity (Wildman–Crippen MR) is 68.7 cm³/mol. The lowest BCUT2D eigenvalue weighted by Gasteiger charge is -2.06. The molecule has 0 saturated heterocycles. The second-order valence-corrected chi connectivity index (χ2v) is 3.71. The maximum Gasteiger partial charge on any atom is 0.237 e. The summed E-state index contributed by atoms with van der Waals surface area (Å²) in [5.74, 6) is 0. The minimum absolute atomic E-state index is 0.267. The van der Waals surface area contributed by atoms with Gasteiger partial charge in [-0.2, -0.15) is 20.7 Å². The molecule has 0 radical (unpaired) electrons. The summed E-state index contributed by atoms with van der Waals surface area (Å²) in [4.78, 5) is 3.83. The van der Waals surface area contributed by atoms with Crippen molar-refractivity contribution in [3.8, 4) is 17.8 Å². The van der Waals surface area contributed by atoms with E-state index in [1.54, 1.807) is 30.3 Å². The zero-order valence-electron chi connectivity index (χ0n) is 9.45. The number of halogens is 1. The molecule has 0 amide bonds. The minimum atomic E-state index is -0.267. The summed E-state index contributed by atoms with van der Waals surface area (Å²) >= 11 is 6.10. The van der Waals surface area contributed by atoms with Crippen LogP contribution in [0.3, 0.4) is 0 Å². The van der Waals surface area contributed by atoms with E-state index in [1.165, 1.54) is 17.3 Å². The van der Waals surface area contributed by atoms with Crippen molar-refractivity contribution in [1.29, 1.82) is 10.5 Å². The number of hydrazone groups is 1. The van der Waals surface area contributed by atoms with Crippen molar-refractivity contribution in [3.63, 3.8) is 0 Å². The predicted octanol–water partition coefficient (Wildman–Crippen LogP) is 1.74. The van der Waals surface area contributed by atoms with Crippen LogP contribution in [0, 0.1) is 22.7 Å². The monoisotopic (exact) mass is 271 g/mol. The third-order valence-corrected chi connectivity index (χ3v) is 2.42. The molecule has 0 spiro atoms. The van der Waals surface area contributed by atoms with Crippen LogP contribution in [-0.4, -0.2) is 20.5 Å². The smallest absolute Gasteiger partial charge is 0.237 e. The van der Waals surface area contributed by atoms with Crippen LogP contribution in [0.1, 0.15) is 0 Å². The number of nitriles is 2. The molecule has 1 heterocycles. The number of benzene rings is 1. The molecule has 8 heteroatoms. The van der Waals surface area contributed by atoms with Gasteiger partial charge in [0.05, 0.1) is 16.4 Å². The summed E-state index contributed by atoms with van der Waals surface area (Å²) in [6, 6.07) is 8.30. The number of hydrogen-bond acceptors (Lipinski definition) is 6. The molecule has 2 aromatic rings. The van der Waals surface area contributed by atoms with Gasteiger partial charge in [-0.15, -0.1) is 0 Å². The average Bonchev–Trinajstić information content (AvgIpc) is 2.94. The van der Waals surface area contributed by atoms with Gasteiger partial charge in [0.25, 0.3) is 0 Å². The van der Waals surface area contributed by atoms with Crippen LogP contribution in [0.25, 0.3) is 5.69 Å². The Kier molecular flexibility index (Phi) is 3.72. The van der Waals surface area contributed by atoms with Gasteiger partial charge >= 0.3 is 0 Å². The van der Waals surface area contributed by atoms with Crippen LogP contribution in [0.15, 0.2) is 36.0 Å². The fraction of sp³-hybridized carbons (Fsp3) is 0. The summed E-state index contributed by atoms with van der Waals surface area (Å²) in [6.07, 6.45) is 2.93. The highest BCUT2D eigenvalue weighted by atomic mass is 35.5. The lowest BCUT2D eigenvalue weighted by atomic mass is 10.3. The van der Waals surface area contributed by atoms with Crippen molar-refractivity contribution in [2.45, 2.75) is 0 Å². The molecule has 0 aliphatic rings. The molecular formula is C11H6ClN7. The zero-order chi connectivity index (χ0) is 13.7. The molecule has 1 aromatic heterocycles. The Morgan fingerprint density at radius 3 is 2.74 bits per heavy atom. The second-order valence-electron chi connectivity index (χ2n) is 3.30. The van der Waals surface area contributed by atoms with E-state index in [0.29, 0.717) is 16.4 Å². The van der Waals surface area contributed by atoms with E-state index < -0.39 is 0 Å². The van der Waals surface area contributed by atoms with Gasteiger partial charge in [0.15, 0.2) is 0 Å². The molecule has 0 atom stereocenters. The number of aromatic nitrogens is 3. The van der Waals surface area contributed by atoms with Crippen molar-refractivity contribution >= 4 is 23.0 Å². The van der Waals surface area contributed by atoms with Crippen molar-refractivity contribution in [2.24, 2.45) is 5.10 Å². The summed E-state index contributed by atoms with van der Waals surface area (Å²) in [6.45, 7) is 0. The quantitative estimate of drug-likeness (QED) is 0.676. The molecule has 1 N–H and O–H groups in total. The Morgan fingerprint density at radius 2 is 2.16 bits per heavy atom. The van der Waals surface area contributed by atoms with Gasteiger partial charge < -0.3 is 0 Å². The van der Waals surface area contributed by atoms with Crippen molar-refractivity contribution in [3.05, 3.63) is 35.9 Å². The highest BCUT2D eigenvalue weighted by molar-refractivity contribution is 6.32. The van der Waals surface area contributed by atoms with Gasteiger partial charge in [0.2, 0.25) is 5.71 Å². The molecule has 19 heavy (non-hydrogen) atoms. The lowest BCUT2D eigenvalue weighted by molar-refractivity contribution is 0.879. The Hall–Kier alpha value is -2.90. The maximum absolute atomic E-state index is 8.54. The molecule has 1 aromatic carbocycles.